The van der Waals surface area contributed by atoms with Gasteiger partial charge < -0.3 is 10.5 Å². The molecule has 0 aliphatic heterocycles. The Morgan fingerprint density at radius 2 is 1.78 bits per heavy atom. The maximum atomic E-state index is 5.59. The first kappa shape index (κ1) is 17.9. The predicted octanol–water partition coefficient (Wildman–Crippen LogP) is 2.89. The molecule has 0 radical (unpaired) electrons. The summed E-state index contributed by atoms with van der Waals surface area (Å²) in [5.74, 6) is 0.765. The second-order valence-electron chi connectivity index (χ2n) is 5.32. The van der Waals surface area contributed by atoms with Crippen LogP contribution in [-0.4, -0.2) is 44.3 Å². The summed E-state index contributed by atoms with van der Waals surface area (Å²) in [5, 5.41) is 0. The van der Waals surface area contributed by atoms with Gasteiger partial charge in [0.1, 0.15) is 0 Å². The van der Waals surface area contributed by atoms with Gasteiger partial charge in [-0.05, 0) is 51.1 Å². The molecule has 0 aliphatic carbocycles. The maximum Gasteiger partial charge on any atom is 0.0589 e. The Balaban J connectivity index is 3.99. The molecule has 0 saturated carbocycles. The van der Waals surface area contributed by atoms with Crippen LogP contribution in [-0.2, 0) is 4.74 Å². The van der Waals surface area contributed by atoms with E-state index in [0.29, 0.717) is 6.04 Å². The van der Waals surface area contributed by atoms with E-state index in [9.17, 15) is 0 Å². The molecule has 0 heterocycles. The molecular weight excluding hydrogens is 224 g/mol. The van der Waals surface area contributed by atoms with Crippen molar-refractivity contribution >= 4 is 0 Å². The molecule has 0 aromatic rings. The van der Waals surface area contributed by atoms with Crippen LogP contribution in [0.3, 0.4) is 0 Å². The van der Waals surface area contributed by atoms with Crippen molar-refractivity contribution in [1.29, 1.82) is 0 Å². The SMILES string of the molecule is CCC(CC)N(CCCC(C)CCN)CCOC. The van der Waals surface area contributed by atoms with Crippen LogP contribution in [0.25, 0.3) is 0 Å². The lowest BCUT2D eigenvalue weighted by molar-refractivity contribution is 0.112. The number of hydrogen-bond donors (Lipinski definition) is 1. The fraction of sp³-hybridized carbons (Fsp3) is 1.00. The highest BCUT2D eigenvalue weighted by atomic mass is 16.5. The average Bonchev–Trinajstić information content (AvgIpc) is 2.36. The Morgan fingerprint density at radius 3 is 2.28 bits per heavy atom. The standard InChI is InChI=1S/C15H34N2O/c1-5-15(6-2)17(12-13-18-4)11-7-8-14(3)9-10-16/h14-15H,5-13,16H2,1-4H3. The quantitative estimate of drug-likeness (QED) is 0.585. The lowest BCUT2D eigenvalue weighted by Crippen LogP contribution is -2.37. The molecule has 0 aromatic heterocycles. The van der Waals surface area contributed by atoms with Gasteiger partial charge in [-0.3, -0.25) is 4.90 Å². The van der Waals surface area contributed by atoms with Gasteiger partial charge in [-0.2, -0.15) is 0 Å². The summed E-state index contributed by atoms with van der Waals surface area (Å²) >= 11 is 0. The highest BCUT2D eigenvalue weighted by Crippen LogP contribution is 2.13. The van der Waals surface area contributed by atoms with Gasteiger partial charge in [-0.1, -0.05) is 20.8 Å². The molecule has 0 fully saturated rings. The molecule has 0 aromatic carbocycles. The molecule has 0 bridgehead atoms. The van der Waals surface area contributed by atoms with Gasteiger partial charge in [0, 0.05) is 19.7 Å². The number of nitrogens with two attached hydrogens (primary N) is 1. The van der Waals surface area contributed by atoms with Crippen LogP contribution >= 0.6 is 0 Å². The minimum atomic E-state index is 0.713. The molecule has 3 heteroatoms. The predicted molar refractivity (Wildman–Crippen MR) is 79.9 cm³/mol. The molecule has 110 valence electrons. The van der Waals surface area contributed by atoms with Crippen LogP contribution in [0, 0.1) is 5.92 Å². The van der Waals surface area contributed by atoms with Crippen molar-refractivity contribution in [3.63, 3.8) is 0 Å². The second kappa shape index (κ2) is 11.9. The van der Waals surface area contributed by atoms with Crippen molar-refractivity contribution in [2.75, 3.05) is 33.4 Å². The molecule has 0 spiro atoms. The topological polar surface area (TPSA) is 38.5 Å². The summed E-state index contributed by atoms with van der Waals surface area (Å²) in [4.78, 5) is 2.60. The van der Waals surface area contributed by atoms with Crippen molar-refractivity contribution in [2.45, 2.75) is 58.9 Å². The van der Waals surface area contributed by atoms with Crippen molar-refractivity contribution in [3.05, 3.63) is 0 Å². The summed E-state index contributed by atoms with van der Waals surface area (Å²) in [5.41, 5.74) is 5.59. The third kappa shape index (κ3) is 8.06. The van der Waals surface area contributed by atoms with E-state index in [1.165, 1.54) is 32.2 Å². The van der Waals surface area contributed by atoms with Gasteiger partial charge in [0.25, 0.3) is 0 Å². The minimum absolute atomic E-state index is 0.713. The van der Waals surface area contributed by atoms with Crippen LogP contribution < -0.4 is 5.73 Å². The third-order valence-electron chi connectivity index (χ3n) is 3.84. The maximum absolute atomic E-state index is 5.59. The number of hydrogen-bond acceptors (Lipinski definition) is 3. The smallest absolute Gasteiger partial charge is 0.0589 e. The highest BCUT2D eigenvalue weighted by molar-refractivity contribution is 4.69. The van der Waals surface area contributed by atoms with E-state index in [1.807, 2.05) is 0 Å². The number of nitrogens with zero attached hydrogens (tertiary/aromatic N) is 1. The lowest BCUT2D eigenvalue weighted by atomic mass is 10.0. The normalized spacial score (nSPS) is 13.5. The van der Waals surface area contributed by atoms with E-state index in [2.05, 4.69) is 25.7 Å². The van der Waals surface area contributed by atoms with E-state index >= 15 is 0 Å². The number of methoxy groups -OCH3 is 1. The highest BCUT2D eigenvalue weighted by Gasteiger charge is 2.14. The first-order valence-electron chi connectivity index (χ1n) is 7.62. The Kier molecular flexibility index (Phi) is 11.9. The zero-order chi connectivity index (χ0) is 13.8. The number of rotatable bonds is 12. The summed E-state index contributed by atoms with van der Waals surface area (Å²) in [6, 6.07) is 0.713. The fourth-order valence-electron chi connectivity index (χ4n) is 2.56. The molecular formula is C15H34N2O. The zero-order valence-electron chi connectivity index (χ0n) is 13.0. The summed E-state index contributed by atoms with van der Waals surface area (Å²) in [6.45, 7) is 10.8. The molecule has 2 N–H and O–H groups in total. The van der Waals surface area contributed by atoms with Crippen molar-refractivity contribution in [1.82, 2.24) is 4.90 Å². The van der Waals surface area contributed by atoms with Crippen LogP contribution in [0.2, 0.25) is 0 Å². The van der Waals surface area contributed by atoms with E-state index in [-0.39, 0.29) is 0 Å². The molecule has 1 unspecified atom stereocenters. The number of ether oxygens (including phenoxy) is 1. The molecule has 0 rings (SSSR count). The molecule has 0 aliphatic rings. The average molecular weight is 258 g/mol. The molecule has 0 amide bonds. The van der Waals surface area contributed by atoms with E-state index in [0.717, 1.165) is 32.0 Å². The summed E-state index contributed by atoms with van der Waals surface area (Å²) < 4.78 is 5.22. The molecule has 3 nitrogen and oxygen atoms in total. The van der Waals surface area contributed by atoms with Gasteiger partial charge in [0.05, 0.1) is 6.61 Å². The van der Waals surface area contributed by atoms with Crippen LogP contribution in [0.1, 0.15) is 52.9 Å². The Bertz CT molecular complexity index is 172. The zero-order valence-corrected chi connectivity index (χ0v) is 13.0. The third-order valence-corrected chi connectivity index (χ3v) is 3.84. The Morgan fingerprint density at radius 1 is 1.11 bits per heavy atom. The molecule has 0 saturated heterocycles. The largest absolute Gasteiger partial charge is 0.383 e. The van der Waals surface area contributed by atoms with Gasteiger partial charge >= 0.3 is 0 Å². The first-order valence-corrected chi connectivity index (χ1v) is 7.62. The summed E-state index contributed by atoms with van der Waals surface area (Å²) in [6.07, 6.45) is 6.20. The Hall–Kier alpha value is -0.120. The van der Waals surface area contributed by atoms with Gasteiger partial charge in [-0.15, -0.1) is 0 Å². The van der Waals surface area contributed by atoms with Crippen LogP contribution in [0.4, 0.5) is 0 Å². The van der Waals surface area contributed by atoms with Crippen LogP contribution in [0.5, 0.6) is 0 Å². The van der Waals surface area contributed by atoms with Crippen molar-refractivity contribution in [3.8, 4) is 0 Å². The first-order chi connectivity index (χ1) is 8.69. The van der Waals surface area contributed by atoms with Crippen molar-refractivity contribution < 1.29 is 4.74 Å². The molecule has 18 heavy (non-hydrogen) atoms. The van der Waals surface area contributed by atoms with Gasteiger partial charge in [0.2, 0.25) is 0 Å². The summed E-state index contributed by atoms with van der Waals surface area (Å²) in [7, 11) is 1.79. The lowest BCUT2D eigenvalue weighted by Gasteiger charge is -2.30. The minimum Gasteiger partial charge on any atom is -0.383 e. The van der Waals surface area contributed by atoms with Crippen molar-refractivity contribution in [2.24, 2.45) is 11.7 Å². The monoisotopic (exact) mass is 258 g/mol. The Labute approximate surface area is 114 Å². The van der Waals surface area contributed by atoms with Gasteiger partial charge in [-0.25, -0.2) is 0 Å². The fourth-order valence-corrected chi connectivity index (χ4v) is 2.56. The van der Waals surface area contributed by atoms with Gasteiger partial charge in [0.15, 0.2) is 0 Å². The van der Waals surface area contributed by atoms with E-state index in [4.69, 9.17) is 10.5 Å². The van der Waals surface area contributed by atoms with Crippen LogP contribution in [0.15, 0.2) is 0 Å². The van der Waals surface area contributed by atoms with E-state index < -0.39 is 0 Å². The van der Waals surface area contributed by atoms with E-state index in [1.54, 1.807) is 7.11 Å². The molecule has 1 atom stereocenters. The second-order valence-corrected chi connectivity index (χ2v) is 5.32.